The molecule has 3 aromatic rings. The van der Waals surface area contributed by atoms with Crippen molar-refractivity contribution in [3.63, 3.8) is 0 Å². The van der Waals surface area contributed by atoms with Crippen molar-refractivity contribution >= 4 is 22.4 Å². The Morgan fingerprint density at radius 2 is 1.32 bits per heavy atom. The van der Waals surface area contributed by atoms with E-state index < -0.39 is 35.1 Å². The minimum atomic E-state index is -5.78. The molecule has 1 heterocycles. The SMILES string of the molecule is FC(F)(F)C1(C(F)(F)F)OC(c2ccccc2)=Nc2ccc3ccccc3c21. The monoisotopic (exact) mass is 395 g/mol. The highest BCUT2D eigenvalue weighted by atomic mass is 19.4. The number of benzene rings is 3. The van der Waals surface area contributed by atoms with Gasteiger partial charge in [0.05, 0.1) is 5.69 Å². The van der Waals surface area contributed by atoms with E-state index in [0.29, 0.717) is 0 Å². The fourth-order valence-corrected chi connectivity index (χ4v) is 3.32. The van der Waals surface area contributed by atoms with Gasteiger partial charge in [-0.15, -0.1) is 0 Å². The Balaban J connectivity index is 2.13. The molecule has 0 aliphatic carbocycles. The van der Waals surface area contributed by atoms with E-state index in [1.807, 2.05) is 0 Å². The molecular weight excluding hydrogens is 384 g/mol. The van der Waals surface area contributed by atoms with Crippen molar-refractivity contribution in [3.8, 4) is 0 Å². The topological polar surface area (TPSA) is 21.6 Å². The number of fused-ring (bicyclic) bond motifs is 3. The van der Waals surface area contributed by atoms with E-state index in [2.05, 4.69) is 4.99 Å². The van der Waals surface area contributed by atoms with E-state index in [1.54, 1.807) is 6.07 Å². The molecule has 0 atom stereocenters. The quantitative estimate of drug-likeness (QED) is 0.445. The van der Waals surface area contributed by atoms with Crippen molar-refractivity contribution in [2.75, 3.05) is 0 Å². The fraction of sp³-hybridized carbons (Fsp3) is 0.150. The van der Waals surface area contributed by atoms with Gasteiger partial charge in [-0.1, -0.05) is 48.5 Å². The summed E-state index contributed by atoms with van der Waals surface area (Å²) in [6.45, 7) is 0. The minimum Gasteiger partial charge on any atom is -0.446 e. The number of halogens is 6. The lowest BCUT2D eigenvalue weighted by Gasteiger charge is -2.41. The smallest absolute Gasteiger partial charge is 0.442 e. The summed E-state index contributed by atoms with van der Waals surface area (Å²) in [7, 11) is 0. The molecule has 8 heteroatoms. The molecule has 28 heavy (non-hydrogen) atoms. The van der Waals surface area contributed by atoms with Crippen molar-refractivity contribution in [2.45, 2.75) is 18.0 Å². The van der Waals surface area contributed by atoms with Gasteiger partial charge in [0.15, 0.2) is 0 Å². The van der Waals surface area contributed by atoms with Gasteiger partial charge in [-0.2, -0.15) is 26.3 Å². The maximum atomic E-state index is 14.1. The minimum absolute atomic E-state index is 0.0131. The predicted molar refractivity (Wildman–Crippen MR) is 91.5 cm³/mol. The lowest BCUT2D eigenvalue weighted by molar-refractivity contribution is -0.369. The molecule has 3 aromatic carbocycles. The van der Waals surface area contributed by atoms with E-state index in [4.69, 9.17) is 4.74 Å². The zero-order chi connectivity index (χ0) is 20.2. The molecule has 0 saturated carbocycles. The van der Waals surface area contributed by atoms with Crippen LogP contribution in [0, 0.1) is 0 Å². The molecule has 1 aliphatic rings. The van der Waals surface area contributed by atoms with Crippen LogP contribution in [0.4, 0.5) is 32.0 Å². The van der Waals surface area contributed by atoms with Crippen molar-refractivity contribution < 1.29 is 31.1 Å². The highest BCUT2D eigenvalue weighted by molar-refractivity contribution is 6.00. The summed E-state index contributed by atoms with van der Waals surface area (Å²) in [6, 6.07) is 15.3. The standard InChI is InChI=1S/C20H11F6NO/c21-19(22,23)18(20(24,25)26)16-14-9-5-4-6-12(14)10-11-15(16)27-17(28-18)13-7-2-1-3-8-13/h1-11H. The summed E-state index contributed by atoms with van der Waals surface area (Å²) in [5.74, 6) is -0.738. The second kappa shape index (κ2) is 5.98. The van der Waals surface area contributed by atoms with Crippen LogP contribution in [-0.4, -0.2) is 18.3 Å². The van der Waals surface area contributed by atoms with Crippen molar-refractivity contribution in [1.82, 2.24) is 0 Å². The Hall–Kier alpha value is -3.03. The van der Waals surface area contributed by atoms with E-state index in [9.17, 15) is 26.3 Å². The first-order valence-electron chi connectivity index (χ1n) is 8.14. The van der Waals surface area contributed by atoms with Crippen LogP contribution in [-0.2, 0) is 10.3 Å². The number of aliphatic imine (C=N–C) groups is 1. The molecule has 144 valence electrons. The molecular formula is C20H11F6NO. The predicted octanol–water partition coefficient (Wildman–Crippen LogP) is 6.27. The van der Waals surface area contributed by atoms with Crippen molar-refractivity contribution in [1.29, 1.82) is 0 Å². The second-order valence-electron chi connectivity index (χ2n) is 6.24. The molecule has 2 nitrogen and oxygen atoms in total. The molecule has 0 saturated heterocycles. The number of hydrogen-bond acceptors (Lipinski definition) is 2. The third-order valence-electron chi connectivity index (χ3n) is 4.55. The number of ether oxygens (including phenoxy) is 1. The third kappa shape index (κ3) is 2.55. The first kappa shape index (κ1) is 18.3. The van der Waals surface area contributed by atoms with Crippen LogP contribution in [0.5, 0.6) is 0 Å². The van der Waals surface area contributed by atoms with E-state index >= 15 is 0 Å². The van der Waals surface area contributed by atoms with Gasteiger partial charge in [0, 0.05) is 11.1 Å². The molecule has 0 aromatic heterocycles. The Kier molecular flexibility index (Phi) is 3.92. The fourth-order valence-electron chi connectivity index (χ4n) is 3.32. The molecule has 0 bridgehead atoms. The summed E-state index contributed by atoms with van der Waals surface area (Å²) >= 11 is 0. The van der Waals surface area contributed by atoms with E-state index in [0.717, 1.165) is 6.07 Å². The maximum absolute atomic E-state index is 14.1. The largest absolute Gasteiger partial charge is 0.446 e. The average molecular weight is 395 g/mol. The number of rotatable bonds is 1. The normalized spacial score (nSPS) is 16.3. The lowest BCUT2D eigenvalue weighted by atomic mass is 9.85. The molecule has 0 N–H and O–H groups in total. The maximum Gasteiger partial charge on any atom is 0.442 e. The Labute approximate surface area is 155 Å². The van der Waals surface area contributed by atoms with Crippen LogP contribution in [0.3, 0.4) is 0 Å². The molecule has 0 radical (unpaired) electrons. The van der Waals surface area contributed by atoms with Gasteiger partial charge < -0.3 is 4.74 Å². The third-order valence-corrected chi connectivity index (χ3v) is 4.55. The number of nitrogens with zero attached hydrogens (tertiary/aromatic N) is 1. The summed E-state index contributed by atoms with van der Waals surface area (Å²) < 4.78 is 89.3. The summed E-state index contributed by atoms with van der Waals surface area (Å²) in [5.41, 5.74) is -6.01. The first-order valence-corrected chi connectivity index (χ1v) is 8.14. The van der Waals surface area contributed by atoms with Gasteiger partial charge in [-0.25, -0.2) is 4.99 Å². The van der Waals surface area contributed by atoms with E-state index in [1.165, 1.54) is 54.6 Å². The Morgan fingerprint density at radius 1 is 0.714 bits per heavy atom. The molecule has 0 spiro atoms. The van der Waals surface area contributed by atoms with Crippen LogP contribution < -0.4 is 0 Å². The van der Waals surface area contributed by atoms with E-state index in [-0.39, 0.29) is 16.3 Å². The average Bonchev–Trinajstić information content (AvgIpc) is 2.65. The summed E-state index contributed by atoms with van der Waals surface area (Å²) in [5, 5.41) is 0.00611. The zero-order valence-corrected chi connectivity index (χ0v) is 14.0. The number of hydrogen-bond donors (Lipinski definition) is 0. The lowest BCUT2D eigenvalue weighted by Crippen LogP contribution is -2.58. The van der Waals surface area contributed by atoms with Crippen LogP contribution in [0.2, 0.25) is 0 Å². The second-order valence-corrected chi connectivity index (χ2v) is 6.24. The van der Waals surface area contributed by atoms with Crippen molar-refractivity contribution in [3.05, 3.63) is 77.9 Å². The van der Waals surface area contributed by atoms with Gasteiger partial charge in [-0.3, -0.25) is 0 Å². The van der Waals surface area contributed by atoms with Gasteiger partial charge in [0.25, 0.3) is 0 Å². The first-order chi connectivity index (χ1) is 13.1. The van der Waals surface area contributed by atoms with Crippen LogP contribution in [0.25, 0.3) is 10.8 Å². The van der Waals surface area contributed by atoms with Crippen LogP contribution >= 0.6 is 0 Å². The van der Waals surface area contributed by atoms with Crippen LogP contribution in [0.1, 0.15) is 11.1 Å². The molecule has 0 amide bonds. The Bertz CT molecular complexity index is 1060. The van der Waals surface area contributed by atoms with Gasteiger partial charge in [0.2, 0.25) is 5.90 Å². The van der Waals surface area contributed by atoms with Crippen molar-refractivity contribution in [2.24, 2.45) is 4.99 Å². The molecule has 0 unspecified atom stereocenters. The van der Waals surface area contributed by atoms with Crippen LogP contribution in [0.15, 0.2) is 71.7 Å². The highest BCUT2D eigenvalue weighted by Gasteiger charge is 2.77. The molecule has 1 aliphatic heterocycles. The Morgan fingerprint density at radius 3 is 1.96 bits per heavy atom. The number of alkyl halides is 6. The zero-order valence-electron chi connectivity index (χ0n) is 14.0. The molecule has 0 fully saturated rings. The van der Waals surface area contributed by atoms with Gasteiger partial charge >= 0.3 is 18.0 Å². The summed E-state index contributed by atoms with van der Waals surface area (Å²) in [4.78, 5) is 3.98. The van der Waals surface area contributed by atoms with Gasteiger partial charge in [-0.05, 0) is 29.0 Å². The highest BCUT2D eigenvalue weighted by Crippen LogP contribution is 2.58. The summed E-state index contributed by atoms with van der Waals surface area (Å²) in [6.07, 6.45) is -11.6. The van der Waals surface area contributed by atoms with Gasteiger partial charge in [0.1, 0.15) is 0 Å². The molecule has 4 rings (SSSR count).